The average Bonchev–Trinajstić information content (AvgIpc) is 3.27. The molecule has 0 radical (unpaired) electrons. The van der Waals surface area contributed by atoms with E-state index in [0.29, 0.717) is 18.7 Å². The van der Waals surface area contributed by atoms with E-state index in [4.69, 9.17) is 4.74 Å². The van der Waals surface area contributed by atoms with E-state index in [2.05, 4.69) is 9.97 Å². The Kier molecular flexibility index (Phi) is 4.19. The normalized spacial score (nSPS) is 17.3. The van der Waals surface area contributed by atoms with Crippen LogP contribution < -0.4 is 0 Å². The molecule has 1 saturated heterocycles. The summed E-state index contributed by atoms with van der Waals surface area (Å²) in [5, 5.41) is 0. The second-order valence-electron chi connectivity index (χ2n) is 6.37. The quantitative estimate of drug-likeness (QED) is 0.734. The molecule has 6 heteroatoms. The zero-order valence-corrected chi connectivity index (χ0v) is 14.1. The lowest BCUT2D eigenvalue weighted by molar-refractivity contribution is 0.0437. The number of nitrogens with zero attached hydrogens (tertiary/aromatic N) is 4. The molecule has 25 heavy (non-hydrogen) atoms. The number of rotatable bonds is 4. The van der Waals surface area contributed by atoms with E-state index in [-0.39, 0.29) is 12.0 Å². The number of aromatic nitrogens is 3. The van der Waals surface area contributed by atoms with Crippen molar-refractivity contribution in [2.24, 2.45) is 0 Å². The third-order valence-electron chi connectivity index (χ3n) is 4.61. The van der Waals surface area contributed by atoms with Gasteiger partial charge >= 0.3 is 0 Å². The fraction of sp³-hybridized carbons (Fsp3) is 0.316. The first-order valence-corrected chi connectivity index (χ1v) is 8.44. The maximum Gasteiger partial charge on any atom is 0.254 e. The van der Waals surface area contributed by atoms with E-state index in [1.807, 2.05) is 52.9 Å². The van der Waals surface area contributed by atoms with Gasteiger partial charge in [0.15, 0.2) is 0 Å². The topological polar surface area (TPSA) is 59.7 Å². The molecule has 1 aliphatic rings. The number of carbonyl (C=O) groups is 1. The molecule has 1 unspecified atom stereocenters. The zero-order chi connectivity index (χ0) is 17.2. The van der Waals surface area contributed by atoms with Gasteiger partial charge in [0.05, 0.1) is 12.7 Å². The van der Waals surface area contributed by atoms with Crippen LogP contribution in [-0.4, -0.2) is 44.4 Å². The molecule has 1 amide bonds. The highest BCUT2D eigenvalue weighted by molar-refractivity contribution is 5.95. The van der Waals surface area contributed by atoms with Gasteiger partial charge in [0.1, 0.15) is 5.65 Å². The highest BCUT2D eigenvalue weighted by atomic mass is 16.5. The molecule has 4 heterocycles. The van der Waals surface area contributed by atoms with Crippen molar-refractivity contribution in [1.82, 2.24) is 19.3 Å². The first-order chi connectivity index (χ1) is 12.2. The van der Waals surface area contributed by atoms with E-state index in [0.717, 1.165) is 29.9 Å². The Hall–Kier alpha value is -2.73. The molecule has 0 aromatic carbocycles. The van der Waals surface area contributed by atoms with Gasteiger partial charge in [-0.25, -0.2) is 4.98 Å². The molecule has 3 aromatic heterocycles. The van der Waals surface area contributed by atoms with E-state index >= 15 is 0 Å². The van der Waals surface area contributed by atoms with Crippen LogP contribution in [-0.2, 0) is 11.3 Å². The smallest absolute Gasteiger partial charge is 0.254 e. The first kappa shape index (κ1) is 15.8. The zero-order valence-electron chi connectivity index (χ0n) is 14.1. The number of carbonyl (C=O) groups excluding carboxylic acids is 1. The molecule has 4 rings (SSSR count). The fourth-order valence-electron chi connectivity index (χ4n) is 3.16. The van der Waals surface area contributed by atoms with Crippen LogP contribution in [0.1, 0.15) is 28.0 Å². The van der Waals surface area contributed by atoms with Gasteiger partial charge in [-0.1, -0.05) is 0 Å². The summed E-state index contributed by atoms with van der Waals surface area (Å²) in [6, 6.07) is 7.59. The molecule has 0 bridgehead atoms. The van der Waals surface area contributed by atoms with Crippen molar-refractivity contribution in [2.75, 3.05) is 13.1 Å². The summed E-state index contributed by atoms with van der Waals surface area (Å²) in [4.78, 5) is 22.9. The van der Waals surface area contributed by atoms with Crippen LogP contribution in [0.2, 0.25) is 0 Å². The standard InChI is InChI=1S/C19H20N4O2/c1-14-11-21-18-10-16(4-9-23(14)18)19(24)22-8-5-17(12-22)25-13-15-2-6-20-7-3-15/h2-4,6-7,9-11,17H,5,8,12-13H2,1H3. The molecule has 1 aliphatic heterocycles. The minimum atomic E-state index is 0.0400. The van der Waals surface area contributed by atoms with Crippen LogP contribution in [0.5, 0.6) is 0 Å². The maximum atomic E-state index is 12.7. The van der Waals surface area contributed by atoms with Gasteiger partial charge in [-0.3, -0.25) is 9.78 Å². The molecule has 0 spiro atoms. The van der Waals surface area contributed by atoms with E-state index < -0.39 is 0 Å². The number of imidazole rings is 1. The van der Waals surface area contributed by atoms with Gasteiger partial charge in [0.2, 0.25) is 0 Å². The second-order valence-corrected chi connectivity index (χ2v) is 6.37. The molecular formula is C19H20N4O2. The number of hydrogen-bond acceptors (Lipinski definition) is 4. The highest BCUT2D eigenvalue weighted by Gasteiger charge is 2.27. The summed E-state index contributed by atoms with van der Waals surface area (Å²) in [5.41, 5.74) is 3.63. The summed E-state index contributed by atoms with van der Waals surface area (Å²) in [6.45, 7) is 3.89. The van der Waals surface area contributed by atoms with Crippen LogP contribution in [0.15, 0.2) is 49.1 Å². The summed E-state index contributed by atoms with van der Waals surface area (Å²) in [7, 11) is 0. The van der Waals surface area contributed by atoms with E-state index in [1.165, 1.54) is 0 Å². The molecule has 0 saturated carbocycles. The maximum absolute atomic E-state index is 12.7. The van der Waals surface area contributed by atoms with Crippen LogP contribution in [0, 0.1) is 6.92 Å². The summed E-state index contributed by atoms with van der Waals surface area (Å²) < 4.78 is 7.91. The Balaban J connectivity index is 1.39. The molecule has 128 valence electrons. The van der Waals surface area contributed by atoms with E-state index in [1.54, 1.807) is 12.4 Å². The van der Waals surface area contributed by atoms with Crippen molar-refractivity contribution in [2.45, 2.75) is 26.1 Å². The minimum absolute atomic E-state index is 0.0400. The Morgan fingerprint density at radius 3 is 3.00 bits per heavy atom. The minimum Gasteiger partial charge on any atom is -0.372 e. The van der Waals surface area contributed by atoms with Crippen molar-refractivity contribution < 1.29 is 9.53 Å². The molecule has 6 nitrogen and oxygen atoms in total. The highest BCUT2D eigenvalue weighted by Crippen LogP contribution is 2.18. The molecule has 3 aromatic rings. The Labute approximate surface area is 146 Å². The number of likely N-dealkylation sites (tertiary alicyclic amines) is 1. The van der Waals surface area contributed by atoms with Crippen molar-refractivity contribution in [3.8, 4) is 0 Å². The molecule has 0 N–H and O–H groups in total. The number of fused-ring (bicyclic) bond motifs is 1. The third kappa shape index (κ3) is 3.25. The van der Waals surface area contributed by atoms with Gasteiger partial charge in [-0.05, 0) is 43.2 Å². The van der Waals surface area contributed by atoms with Crippen molar-refractivity contribution in [3.05, 3.63) is 65.9 Å². The number of aryl methyl sites for hydroxylation is 1. The van der Waals surface area contributed by atoms with Gasteiger partial charge in [0.25, 0.3) is 5.91 Å². The predicted molar refractivity (Wildman–Crippen MR) is 93.3 cm³/mol. The lowest BCUT2D eigenvalue weighted by Gasteiger charge is -2.17. The molecule has 1 atom stereocenters. The van der Waals surface area contributed by atoms with Crippen LogP contribution in [0.3, 0.4) is 0 Å². The second kappa shape index (κ2) is 6.64. The predicted octanol–water partition coefficient (Wildman–Crippen LogP) is 2.47. The van der Waals surface area contributed by atoms with Crippen molar-refractivity contribution >= 4 is 11.6 Å². The Morgan fingerprint density at radius 1 is 1.32 bits per heavy atom. The first-order valence-electron chi connectivity index (χ1n) is 8.44. The molecular weight excluding hydrogens is 316 g/mol. The average molecular weight is 336 g/mol. The number of amides is 1. The molecule has 1 fully saturated rings. The number of pyridine rings is 2. The molecule has 0 aliphatic carbocycles. The van der Waals surface area contributed by atoms with Crippen LogP contribution in [0.25, 0.3) is 5.65 Å². The van der Waals surface area contributed by atoms with E-state index in [9.17, 15) is 4.79 Å². The van der Waals surface area contributed by atoms with Crippen LogP contribution in [0.4, 0.5) is 0 Å². The van der Waals surface area contributed by atoms with Gasteiger partial charge < -0.3 is 14.0 Å². The summed E-state index contributed by atoms with van der Waals surface area (Å²) >= 11 is 0. The fourth-order valence-corrected chi connectivity index (χ4v) is 3.16. The van der Waals surface area contributed by atoms with Crippen molar-refractivity contribution in [1.29, 1.82) is 0 Å². The van der Waals surface area contributed by atoms with Gasteiger partial charge in [0, 0.05) is 49.1 Å². The Morgan fingerprint density at radius 2 is 2.16 bits per heavy atom. The largest absolute Gasteiger partial charge is 0.372 e. The third-order valence-corrected chi connectivity index (χ3v) is 4.61. The van der Waals surface area contributed by atoms with Gasteiger partial charge in [-0.15, -0.1) is 0 Å². The van der Waals surface area contributed by atoms with Gasteiger partial charge in [-0.2, -0.15) is 0 Å². The van der Waals surface area contributed by atoms with Crippen LogP contribution >= 0.6 is 0 Å². The summed E-state index contributed by atoms with van der Waals surface area (Å²) in [5.74, 6) is 0.0400. The number of ether oxygens (including phenoxy) is 1. The number of hydrogen-bond donors (Lipinski definition) is 0. The summed E-state index contributed by atoms with van der Waals surface area (Å²) in [6.07, 6.45) is 8.17. The Bertz CT molecular complexity index is 891. The van der Waals surface area contributed by atoms with Crippen molar-refractivity contribution in [3.63, 3.8) is 0 Å². The monoisotopic (exact) mass is 336 g/mol. The SMILES string of the molecule is Cc1cnc2cc(C(=O)N3CCC(OCc4ccncc4)C3)ccn12. The lowest BCUT2D eigenvalue weighted by Crippen LogP contribution is -2.30. The lowest BCUT2D eigenvalue weighted by atomic mass is 10.2.